The molecule has 1 heterocycles. The highest BCUT2D eigenvalue weighted by Gasteiger charge is 2.27. The molecule has 2 aromatic carbocycles. The number of aromatic hydroxyl groups is 1. The van der Waals surface area contributed by atoms with E-state index in [1.54, 1.807) is 31.2 Å². The molecule has 30 heavy (non-hydrogen) atoms. The summed E-state index contributed by atoms with van der Waals surface area (Å²) in [6.07, 6.45) is 1.35. The second kappa shape index (κ2) is 11.2. The van der Waals surface area contributed by atoms with E-state index >= 15 is 0 Å². The molecule has 1 aliphatic heterocycles. The number of methoxy groups -OCH3 is 1. The third kappa shape index (κ3) is 5.87. The van der Waals surface area contributed by atoms with Crippen molar-refractivity contribution in [2.24, 2.45) is 4.99 Å². The molecule has 1 unspecified atom stereocenters. The third-order valence-electron chi connectivity index (χ3n) is 4.99. The molecule has 1 atom stereocenters. The fraction of sp³-hybridized carbons (Fsp3) is 0.381. The average Bonchev–Trinajstić information content (AvgIpc) is 3.16. The molecular formula is C21H27F2IN4O2. The maximum absolute atomic E-state index is 14.0. The van der Waals surface area contributed by atoms with Gasteiger partial charge in [-0.3, -0.25) is 4.99 Å². The molecular weight excluding hydrogens is 505 g/mol. The van der Waals surface area contributed by atoms with Crippen LogP contribution >= 0.6 is 24.0 Å². The average molecular weight is 532 g/mol. The van der Waals surface area contributed by atoms with Crippen molar-refractivity contribution in [1.29, 1.82) is 0 Å². The van der Waals surface area contributed by atoms with Gasteiger partial charge >= 0.3 is 0 Å². The summed E-state index contributed by atoms with van der Waals surface area (Å²) in [5, 5.41) is 16.5. The lowest BCUT2D eigenvalue weighted by Gasteiger charge is -2.21. The first-order valence-electron chi connectivity index (χ1n) is 9.54. The summed E-state index contributed by atoms with van der Waals surface area (Å²) >= 11 is 0. The number of phenolic OH excluding ortho intramolecular Hbond substituents is 1. The minimum Gasteiger partial charge on any atom is -0.508 e. The van der Waals surface area contributed by atoms with E-state index in [2.05, 4.69) is 15.6 Å². The Hall–Kier alpha value is -2.30. The maximum Gasteiger partial charge on any atom is 0.191 e. The second-order valence-electron chi connectivity index (χ2n) is 6.89. The Morgan fingerprint density at radius 1 is 1.27 bits per heavy atom. The summed E-state index contributed by atoms with van der Waals surface area (Å²) in [6, 6.07) is 9.14. The van der Waals surface area contributed by atoms with E-state index in [1.807, 2.05) is 6.07 Å². The van der Waals surface area contributed by atoms with Crippen molar-refractivity contribution in [2.75, 3.05) is 38.7 Å². The number of phenols is 1. The molecule has 0 radical (unpaired) electrons. The molecule has 2 aromatic rings. The Balaban J connectivity index is 0.00000320. The second-order valence-corrected chi connectivity index (χ2v) is 6.89. The smallest absolute Gasteiger partial charge is 0.191 e. The highest BCUT2D eigenvalue weighted by Crippen LogP contribution is 2.27. The topological polar surface area (TPSA) is 69.1 Å². The van der Waals surface area contributed by atoms with Crippen LogP contribution in [0.5, 0.6) is 11.5 Å². The van der Waals surface area contributed by atoms with Crippen molar-refractivity contribution in [3.8, 4) is 11.5 Å². The van der Waals surface area contributed by atoms with Gasteiger partial charge in [-0.25, -0.2) is 8.78 Å². The molecule has 0 bridgehead atoms. The van der Waals surface area contributed by atoms with Crippen LogP contribution in [0.1, 0.15) is 12.0 Å². The first-order valence-corrected chi connectivity index (χ1v) is 9.54. The van der Waals surface area contributed by atoms with E-state index in [0.29, 0.717) is 37.8 Å². The molecule has 164 valence electrons. The lowest BCUT2D eigenvalue weighted by molar-refractivity contribution is 0.406. The zero-order chi connectivity index (χ0) is 20.8. The van der Waals surface area contributed by atoms with Crippen LogP contribution in [-0.2, 0) is 6.42 Å². The minimum absolute atomic E-state index is 0. The van der Waals surface area contributed by atoms with Gasteiger partial charge in [0.05, 0.1) is 7.11 Å². The molecule has 1 fully saturated rings. The Morgan fingerprint density at radius 2 is 2.00 bits per heavy atom. The van der Waals surface area contributed by atoms with Gasteiger partial charge < -0.3 is 25.4 Å². The molecule has 0 spiro atoms. The monoisotopic (exact) mass is 532 g/mol. The van der Waals surface area contributed by atoms with E-state index < -0.39 is 11.6 Å². The van der Waals surface area contributed by atoms with Crippen molar-refractivity contribution in [2.45, 2.75) is 18.9 Å². The van der Waals surface area contributed by atoms with Crippen LogP contribution in [0.15, 0.2) is 41.4 Å². The zero-order valence-electron chi connectivity index (χ0n) is 17.0. The molecule has 1 aliphatic rings. The summed E-state index contributed by atoms with van der Waals surface area (Å²) in [5.74, 6) is 0.306. The standard InChI is InChI=1S/C21H26F2N4O2.HI/c1-24-21(25-10-8-14-6-7-16(29-2)12-19(14)28)26-15-9-11-27(13-15)20-17(22)4-3-5-18(20)23;/h3-7,12,15,28H,8-11,13H2,1-2H3,(H2,24,25,26);1H. The van der Waals surface area contributed by atoms with Crippen molar-refractivity contribution in [3.63, 3.8) is 0 Å². The van der Waals surface area contributed by atoms with E-state index in [-0.39, 0.29) is 41.5 Å². The summed E-state index contributed by atoms with van der Waals surface area (Å²) in [5.41, 5.74) is 0.825. The Labute approximate surface area is 192 Å². The number of hydrogen-bond acceptors (Lipinski definition) is 4. The number of hydrogen-bond donors (Lipinski definition) is 3. The molecule has 3 N–H and O–H groups in total. The first kappa shape index (κ1) is 24.0. The van der Waals surface area contributed by atoms with E-state index in [0.717, 1.165) is 12.0 Å². The quantitative estimate of drug-likeness (QED) is 0.303. The van der Waals surface area contributed by atoms with E-state index in [9.17, 15) is 13.9 Å². The summed E-state index contributed by atoms with van der Waals surface area (Å²) in [7, 11) is 3.22. The van der Waals surface area contributed by atoms with Gasteiger partial charge in [0.2, 0.25) is 0 Å². The van der Waals surface area contributed by atoms with Gasteiger partial charge in [0, 0.05) is 38.8 Å². The van der Waals surface area contributed by atoms with Crippen LogP contribution in [0.2, 0.25) is 0 Å². The number of anilines is 1. The molecule has 0 aromatic heterocycles. The number of guanidine groups is 1. The summed E-state index contributed by atoms with van der Waals surface area (Å²) in [6.45, 7) is 1.61. The van der Waals surface area contributed by atoms with E-state index in [1.165, 1.54) is 18.2 Å². The van der Waals surface area contributed by atoms with Gasteiger partial charge in [-0.15, -0.1) is 24.0 Å². The lowest BCUT2D eigenvalue weighted by atomic mass is 10.1. The number of rotatable bonds is 6. The number of ether oxygens (including phenoxy) is 1. The van der Waals surface area contributed by atoms with Crippen LogP contribution in [0.4, 0.5) is 14.5 Å². The van der Waals surface area contributed by atoms with Crippen molar-refractivity contribution >= 4 is 35.6 Å². The van der Waals surface area contributed by atoms with E-state index in [4.69, 9.17) is 4.74 Å². The molecule has 6 nitrogen and oxygen atoms in total. The van der Waals surface area contributed by atoms with Gasteiger partial charge in [0.15, 0.2) is 5.96 Å². The van der Waals surface area contributed by atoms with Crippen LogP contribution < -0.4 is 20.3 Å². The third-order valence-corrected chi connectivity index (χ3v) is 4.99. The molecule has 9 heteroatoms. The molecule has 1 saturated heterocycles. The maximum atomic E-state index is 14.0. The van der Waals surface area contributed by atoms with Crippen LogP contribution in [0, 0.1) is 11.6 Å². The van der Waals surface area contributed by atoms with Gasteiger partial charge in [-0.05, 0) is 36.6 Å². The minimum atomic E-state index is -0.549. The zero-order valence-corrected chi connectivity index (χ0v) is 19.3. The molecule has 0 aliphatic carbocycles. The van der Waals surface area contributed by atoms with Crippen LogP contribution in [-0.4, -0.2) is 50.9 Å². The lowest BCUT2D eigenvalue weighted by Crippen LogP contribution is -2.45. The summed E-state index contributed by atoms with van der Waals surface area (Å²) in [4.78, 5) is 5.92. The first-order chi connectivity index (χ1) is 14.0. The van der Waals surface area contributed by atoms with Gasteiger partial charge in [-0.2, -0.15) is 0 Å². The number of nitrogens with one attached hydrogen (secondary N) is 2. The highest BCUT2D eigenvalue weighted by molar-refractivity contribution is 14.0. The number of benzene rings is 2. The molecule has 0 amide bonds. The predicted octanol–water partition coefficient (Wildman–Crippen LogP) is 3.28. The Kier molecular flexibility index (Phi) is 8.94. The van der Waals surface area contributed by atoms with Gasteiger partial charge in [0.1, 0.15) is 28.8 Å². The SMILES string of the molecule is CN=C(NCCc1ccc(OC)cc1O)NC1CCN(c2c(F)cccc2F)C1.I. The van der Waals surface area contributed by atoms with Crippen molar-refractivity contribution in [3.05, 3.63) is 53.6 Å². The number of nitrogens with zero attached hydrogens (tertiary/aromatic N) is 2. The fourth-order valence-corrected chi connectivity index (χ4v) is 3.46. The van der Waals surface area contributed by atoms with Gasteiger partial charge in [-0.1, -0.05) is 12.1 Å². The number of aliphatic imine (C=N–C) groups is 1. The predicted molar refractivity (Wildman–Crippen MR) is 125 cm³/mol. The van der Waals surface area contributed by atoms with Crippen LogP contribution in [0.3, 0.4) is 0 Å². The normalized spacial score (nSPS) is 16.2. The Morgan fingerprint density at radius 3 is 2.63 bits per heavy atom. The Bertz CT molecular complexity index is 862. The number of para-hydroxylation sites is 1. The largest absolute Gasteiger partial charge is 0.508 e. The molecule has 3 rings (SSSR count). The van der Waals surface area contributed by atoms with Crippen LogP contribution in [0.25, 0.3) is 0 Å². The molecule has 0 saturated carbocycles. The van der Waals surface area contributed by atoms with Crippen molar-refractivity contribution < 1.29 is 18.6 Å². The fourth-order valence-electron chi connectivity index (χ4n) is 3.46. The summed E-state index contributed by atoms with van der Waals surface area (Å²) < 4.78 is 33.1. The van der Waals surface area contributed by atoms with Crippen molar-refractivity contribution in [1.82, 2.24) is 10.6 Å². The highest BCUT2D eigenvalue weighted by atomic mass is 127. The van der Waals surface area contributed by atoms with Gasteiger partial charge in [0.25, 0.3) is 0 Å². The number of halogens is 3.